The molecule has 2 heterocycles. The highest BCUT2D eigenvalue weighted by atomic mass is 19.3. The molecule has 52 heavy (non-hydrogen) atoms. The summed E-state index contributed by atoms with van der Waals surface area (Å²) in [6.07, 6.45) is 4.82. The van der Waals surface area contributed by atoms with E-state index in [0.29, 0.717) is 35.9 Å². The number of imide groups is 1. The summed E-state index contributed by atoms with van der Waals surface area (Å²) in [7, 11) is 0. The molecule has 274 valence electrons. The first kappa shape index (κ1) is 38.8. The van der Waals surface area contributed by atoms with E-state index in [0.717, 1.165) is 6.92 Å². The van der Waals surface area contributed by atoms with Crippen LogP contribution in [0, 0.1) is 0 Å². The number of esters is 1. The first-order chi connectivity index (χ1) is 24.8. The molecule has 2 aromatic heterocycles. The molecule has 0 aliphatic rings. The molecule has 0 aliphatic carbocycles. The molecule has 16 heteroatoms. The summed E-state index contributed by atoms with van der Waals surface area (Å²) in [6, 6.07) is 10.2. The number of carbonyl (C=O) groups excluding carboxylic acids is 3. The Kier molecular flexibility index (Phi) is 13.2. The number of carbonyl (C=O) groups is 3. The summed E-state index contributed by atoms with van der Waals surface area (Å²) in [5, 5.41) is 13.1. The maximum absolute atomic E-state index is 15.3. The van der Waals surface area contributed by atoms with Crippen molar-refractivity contribution >= 4 is 40.6 Å². The molecule has 0 aliphatic heterocycles. The number of rotatable bonds is 17. The molecule has 14 nitrogen and oxygen atoms in total. The maximum Gasteiger partial charge on any atom is 0.346 e. The molecule has 0 spiro atoms. The summed E-state index contributed by atoms with van der Waals surface area (Å²) >= 11 is 0. The number of ether oxygens (including phenoxy) is 3. The van der Waals surface area contributed by atoms with E-state index in [2.05, 4.69) is 31.8 Å². The number of benzene rings is 2. The summed E-state index contributed by atoms with van der Waals surface area (Å²) in [5.41, 5.74) is 6.05. The van der Waals surface area contributed by atoms with E-state index < -0.39 is 41.2 Å². The zero-order chi connectivity index (χ0) is 37.8. The molecular formula is C36H39F2N7O7. The number of nitrogen functional groups attached to an aromatic ring is 1. The normalized spacial score (nSPS) is 12.0. The second-order valence-corrected chi connectivity index (χ2v) is 11.3. The quantitative estimate of drug-likeness (QED) is 0.0777. The van der Waals surface area contributed by atoms with Crippen LogP contribution in [0.2, 0.25) is 0 Å². The number of anilines is 2. The topological polar surface area (TPSA) is 192 Å². The minimum Gasteiger partial charge on any atom is -0.492 e. The summed E-state index contributed by atoms with van der Waals surface area (Å²) in [5.74, 6) is -8.40. The fourth-order valence-corrected chi connectivity index (χ4v) is 4.73. The highest BCUT2D eigenvalue weighted by Crippen LogP contribution is 2.29. The molecule has 0 fully saturated rings. The smallest absolute Gasteiger partial charge is 0.346 e. The maximum atomic E-state index is 15.3. The molecular weight excluding hydrogens is 680 g/mol. The molecule has 2 amide bonds. The molecule has 0 radical (unpaired) electrons. The van der Waals surface area contributed by atoms with E-state index in [1.807, 2.05) is 19.1 Å². The molecule has 0 unspecified atom stereocenters. The van der Waals surface area contributed by atoms with E-state index in [-0.39, 0.29) is 53.8 Å². The van der Waals surface area contributed by atoms with Crippen molar-refractivity contribution in [3.63, 3.8) is 0 Å². The zero-order valence-corrected chi connectivity index (χ0v) is 28.8. The van der Waals surface area contributed by atoms with Gasteiger partial charge in [0.2, 0.25) is 11.8 Å². The van der Waals surface area contributed by atoms with Gasteiger partial charge in [0.05, 0.1) is 38.3 Å². The third-order valence-corrected chi connectivity index (χ3v) is 7.47. The first-order valence-corrected chi connectivity index (χ1v) is 16.2. The fourth-order valence-electron chi connectivity index (χ4n) is 4.73. The minimum absolute atomic E-state index is 0.0486. The van der Waals surface area contributed by atoms with Gasteiger partial charge in [-0.25, -0.2) is 14.8 Å². The van der Waals surface area contributed by atoms with Crippen LogP contribution in [0.4, 0.5) is 20.4 Å². The lowest BCUT2D eigenvalue weighted by molar-refractivity contribution is -0.160. The molecule has 2 aromatic carbocycles. The third-order valence-electron chi connectivity index (χ3n) is 7.47. The summed E-state index contributed by atoms with van der Waals surface area (Å²) in [4.78, 5) is 57.0. The van der Waals surface area contributed by atoms with Crippen LogP contribution in [0.1, 0.15) is 42.4 Å². The number of allylic oxidation sites excluding steroid dienone is 1. The average Bonchev–Trinajstić information content (AvgIpc) is 3.12. The molecule has 0 saturated carbocycles. The zero-order valence-electron chi connectivity index (χ0n) is 28.8. The predicted molar refractivity (Wildman–Crippen MR) is 188 cm³/mol. The van der Waals surface area contributed by atoms with Gasteiger partial charge in [-0.3, -0.25) is 14.5 Å². The van der Waals surface area contributed by atoms with E-state index in [1.54, 1.807) is 24.3 Å². The Balaban J connectivity index is 1.56. The number of alkyl halides is 2. The SMILES string of the molecule is C=C(C)C(F)(F)C(=O)N(C(=O)c1ccc(NCc2cnc3nc(N)nc(O)c3n2)cc1)[C@@H](Cc1ccc(OCCOC/C=C\C)cc1)C(=O)OCC. The van der Waals surface area contributed by atoms with Crippen LogP contribution in [0.25, 0.3) is 11.2 Å². The number of fused-ring (bicyclic) bond motifs is 1. The molecule has 1 atom stereocenters. The van der Waals surface area contributed by atoms with Crippen LogP contribution in [-0.2, 0) is 32.0 Å². The van der Waals surface area contributed by atoms with Crippen molar-refractivity contribution in [1.29, 1.82) is 0 Å². The molecule has 4 rings (SSSR count). The minimum atomic E-state index is -4.18. The van der Waals surface area contributed by atoms with Crippen LogP contribution < -0.4 is 15.8 Å². The summed E-state index contributed by atoms with van der Waals surface area (Å²) in [6.45, 7) is 8.65. The van der Waals surface area contributed by atoms with Crippen LogP contribution in [-0.4, -0.2) is 86.1 Å². The Morgan fingerprint density at radius 1 is 1.08 bits per heavy atom. The van der Waals surface area contributed by atoms with Gasteiger partial charge < -0.3 is 30.4 Å². The average molecular weight is 720 g/mol. The van der Waals surface area contributed by atoms with Crippen LogP contribution in [0.5, 0.6) is 11.6 Å². The van der Waals surface area contributed by atoms with Gasteiger partial charge in [-0.05, 0) is 68.3 Å². The summed E-state index contributed by atoms with van der Waals surface area (Å²) < 4.78 is 46.8. The van der Waals surface area contributed by atoms with Crippen LogP contribution >= 0.6 is 0 Å². The number of amides is 2. The van der Waals surface area contributed by atoms with Gasteiger partial charge in [-0.1, -0.05) is 30.9 Å². The monoisotopic (exact) mass is 719 g/mol. The van der Waals surface area contributed by atoms with Gasteiger partial charge in [0.15, 0.2) is 11.2 Å². The van der Waals surface area contributed by atoms with Crippen molar-refractivity contribution in [3.05, 3.63) is 95.9 Å². The van der Waals surface area contributed by atoms with Crippen molar-refractivity contribution in [2.45, 2.75) is 45.7 Å². The van der Waals surface area contributed by atoms with Crippen LogP contribution in [0.3, 0.4) is 0 Å². The van der Waals surface area contributed by atoms with Crippen molar-refractivity contribution in [2.75, 3.05) is 37.5 Å². The third kappa shape index (κ3) is 9.81. The lowest BCUT2D eigenvalue weighted by Crippen LogP contribution is -2.55. The lowest BCUT2D eigenvalue weighted by atomic mass is 10.0. The molecule has 0 saturated heterocycles. The second kappa shape index (κ2) is 17.8. The number of aromatic nitrogens is 4. The van der Waals surface area contributed by atoms with Gasteiger partial charge in [0.1, 0.15) is 18.4 Å². The van der Waals surface area contributed by atoms with Gasteiger partial charge in [0, 0.05) is 17.7 Å². The Morgan fingerprint density at radius 3 is 2.44 bits per heavy atom. The number of nitrogens with two attached hydrogens (primary N) is 1. The van der Waals surface area contributed by atoms with Gasteiger partial charge in [-0.2, -0.15) is 18.7 Å². The van der Waals surface area contributed by atoms with Crippen LogP contribution in [0.15, 0.2) is 79.0 Å². The van der Waals surface area contributed by atoms with E-state index >= 15 is 8.78 Å². The van der Waals surface area contributed by atoms with Crippen molar-refractivity contribution in [3.8, 4) is 11.6 Å². The number of halogens is 2. The number of nitrogens with one attached hydrogen (secondary N) is 1. The van der Waals surface area contributed by atoms with Crippen molar-refractivity contribution in [2.24, 2.45) is 0 Å². The number of aromatic hydroxyl groups is 1. The Bertz CT molecular complexity index is 1920. The standard InChI is InChI=1S/C36H39F2N7O7/c1-5-7-16-50-17-18-52-27-14-8-23(9-15-27)19-28(33(48)51-6-2)45(34(49)36(37,38)22(3)4)32(47)24-10-12-25(13-11-24)40-20-26-21-41-30-29(42-26)31(46)44-35(39)43-30/h5,7-15,21,28,40H,3,6,16-20H2,1-2,4H3,(H3,39,41,43,44,46)/b7-5-/t28-/m0/s1. The van der Waals surface area contributed by atoms with E-state index in [4.69, 9.17) is 19.9 Å². The fraction of sp³-hybridized carbons (Fsp3) is 0.306. The second-order valence-electron chi connectivity index (χ2n) is 11.3. The van der Waals surface area contributed by atoms with Gasteiger partial charge in [0.25, 0.3) is 5.91 Å². The Morgan fingerprint density at radius 2 is 1.79 bits per heavy atom. The predicted octanol–water partition coefficient (Wildman–Crippen LogP) is 4.65. The Hall–Kier alpha value is -6.03. The van der Waals surface area contributed by atoms with Crippen molar-refractivity contribution < 1.29 is 42.5 Å². The number of hydrogen-bond donors (Lipinski definition) is 3. The Labute approximate surface area is 298 Å². The number of hydrogen-bond acceptors (Lipinski definition) is 13. The highest BCUT2D eigenvalue weighted by molar-refractivity contribution is 6.10. The molecule has 0 bridgehead atoms. The largest absolute Gasteiger partial charge is 0.492 e. The highest BCUT2D eigenvalue weighted by Gasteiger charge is 2.49. The van der Waals surface area contributed by atoms with Crippen molar-refractivity contribution in [1.82, 2.24) is 24.8 Å². The van der Waals surface area contributed by atoms with E-state index in [9.17, 15) is 19.5 Å². The molecule has 4 N–H and O–H groups in total. The van der Waals surface area contributed by atoms with E-state index in [1.165, 1.54) is 37.4 Å². The first-order valence-electron chi connectivity index (χ1n) is 16.2. The van der Waals surface area contributed by atoms with Gasteiger partial charge in [-0.15, -0.1) is 0 Å². The number of nitrogens with zero attached hydrogens (tertiary/aromatic N) is 5. The molecule has 4 aromatic rings. The van der Waals surface area contributed by atoms with Gasteiger partial charge >= 0.3 is 17.8 Å². The lowest BCUT2D eigenvalue weighted by Gasteiger charge is -2.31.